The number of methoxy groups -OCH3 is 1. The van der Waals surface area contributed by atoms with E-state index in [1.807, 2.05) is 30.5 Å². The zero-order valence-electron chi connectivity index (χ0n) is 19.3. The fourth-order valence-corrected chi connectivity index (χ4v) is 5.44. The molecule has 2 aromatic heterocycles. The van der Waals surface area contributed by atoms with Gasteiger partial charge in [-0.05, 0) is 49.1 Å². The van der Waals surface area contributed by atoms with E-state index in [-0.39, 0.29) is 11.8 Å². The van der Waals surface area contributed by atoms with E-state index < -0.39 is 5.41 Å². The number of hydrogen-bond acceptors (Lipinski definition) is 5. The van der Waals surface area contributed by atoms with Crippen molar-refractivity contribution in [3.8, 4) is 5.75 Å². The quantitative estimate of drug-likeness (QED) is 0.596. The fourth-order valence-electron chi connectivity index (χ4n) is 5.44. The second-order valence-electron chi connectivity index (χ2n) is 9.32. The van der Waals surface area contributed by atoms with Crippen LogP contribution >= 0.6 is 0 Å². The second kappa shape index (κ2) is 9.51. The number of carbonyl (C=O) groups is 1. The molecule has 0 unspecified atom stereocenters. The molecule has 2 fully saturated rings. The van der Waals surface area contributed by atoms with Crippen molar-refractivity contribution >= 4 is 11.6 Å². The highest BCUT2D eigenvalue weighted by atomic mass is 16.5. The number of rotatable bonds is 5. The third kappa shape index (κ3) is 4.47. The molecule has 1 aliphatic heterocycles. The maximum absolute atomic E-state index is 14.1. The number of nitrogens with zero attached hydrogens (tertiary/aromatic N) is 4. The fraction of sp³-hybridized carbons (Fsp3) is 0.500. The molecule has 0 N–H and O–H groups in total. The van der Waals surface area contributed by atoms with Crippen molar-refractivity contribution < 1.29 is 14.3 Å². The molecular weight excluding hydrogens is 416 g/mol. The largest absolute Gasteiger partial charge is 0.497 e. The number of ether oxygens (including phenoxy) is 2. The van der Waals surface area contributed by atoms with Crippen LogP contribution in [0.25, 0.3) is 5.65 Å². The zero-order chi connectivity index (χ0) is 22.7. The number of hydrogen-bond donors (Lipinski definition) is 0. The average Bonchev–Trinajstić information content (AvgIpc) is 3.21. The van der Waals surface area contributed by atoms with Gasteiger partial charge in [0.15, 0.2) is 5.65 Å². The van der Waals surface area contributed by atoms with E-state index in [9.17, 15) is 4.79 Å². The Kier molecular flexibility index (Phi) is 6.31. The third-order valence-corrected chi connectivity index (χ3v) is 7.19. The van der Waals surface area contributed by atoms with E-state index in [0.29, 0.717) is 26.3 Å². The lowest BCUT2D eigenvalue weighted by Gasteiger charge is -2.40. The normalized spacial score (nSPS) is 21.0. The van der Waals surface area contributed by atoms with Crippen molar-refractivity contribution in [2.45, 2.75) is 43.9 Å². The molecule has 1 atom stereocenters. The average molecular weight is 449 g/mol. The van der Waals surface area contributed by atoms with Gasteiger partial charge in [-0.15, -0.1) is 0 Å². The second-order valence-corrected chi connectivity index (χ2v) is 9.32. The van der Waals surface area contributed by atoms with Crippen molar-refractivity contribution in [2.24, 2.45) is 5.92 Å². The van der Waals surface area contributed by atoms with Crippen LogP contribution in [0, 0.1) is 5.92 Å². The van der Waals surface area contributed by atoms with E-state index in [1.54, 1.807) is 17.8 Å². The molecule has 0 spiro atoms. The predicted octanol–water partition coefficient (Wildman–Crippen LogP) is 3.66. The van der Waals surface area contributed by atoms with Gasteiger partial charge in [0.25, 0.3) is 0 Å². The van der Waals surface area contributed by atoms with E-state index >= 15 is 0 Å². The van der Waals surface area contributed by atoms with Crippen LogP contribution in [0.15, 0.2) is 48.8 Å². The monoisotopic (exact) mass is 448 g/mol. The Balaban J connectivity index is 1.37. The Morgan fingerprint density at radius 1 is 1.15 bits per heavy atom. The Labute approximate surface area is 194 Å². The van der Waals surface area contributed by atoms with Gasteiger partial charge >= 0.3 is 0 Å². The van der Waals surface area contributed by atoms with Crippen molar-refractivity contribution in [3.63, 3.8) is 0 Å². The zero-order valence-corrected chi connectivity index (χ0v) is 19.3. The minimum absolute atomic E-state index is 0.210. The first kappa shape index (κ1) is 21.9. The van der Waals surface area contributed by atoms with Crippen LogP contribution in [0.4, 0.5) is 0 Å². The molecule has 2 aliphatic rings. The molecule has 3 aromatic rings. The van der Waals surface area contributed by atoms with Gasteiger partial charge in [-0.1, -0.05) is 31.4 Å². The minimum Gasteiger partial charge on any atom is -0.497 e. The van der Waals surface area contributed by atoms with Gasteiger partial charge in [0, 0.05) is 31.4 Å². The maximum atomic E-state index is 14.1. The number of carbonyl (C=O) groups excluding carboxylic acids is 1. The van der Waals surface area contributed by atoms with Gasteiger partial charge in [0.05, 0.1) is 31.4 Å². The van der Waals surface area contributed by atoms with Crippen LogP contribution in [0.5, 0.6) is 5.75 Å². The van der Waals surface area contributed by atoms with Gasteiger partial charge < -0.3 is 14.4 Å². The van der Waals surface area contributed by atoms with Crippen molar-refractivity contribution in [2.75, 3.05) is 33.4 Å². The first-order chi connectivity index (χ1) is 16.2. The number of benzene rings is 1. The highest BCUT2D eigenvalue weighted by Gasteiger charge is 2.44. The molecule has 33 heavy (non-hydrogen) atoms. The highest BCUT2D eigenvalue weighted by molar-refractivity contribution is 5.88. The van der Waals surface area contributed by atoms with Gasteiger partial charge in [-0.25, -0.2) is 9.50 Å². The van der Waals surface area contributed by atoms with Crippen molar-refractivity contribution in [3.05, 3.63) is 60.0 Å². The molecule has 7 heteroatoms. The summed E-state index contributed by atoms with van der Waals surface area (Å²) in [5, 5.41) is 4.68. The third-order valence-electron chi connectivity index (χ3n) is 7.19. The summed E-state index contributed by atoms with van der Waals surface area (Å²) in [4.78, 5) is 20.5. The molecule has 174 valence electrons. The number of aromatic nitrogens is 3. The molecule has 1 saturated carbocycles. The van der Waals surface area contributed by atoms with Crippen LogP contribution in [0.3, 0.4) is 0 Å². The summed E-state index contributed by atoms with van der Waals surface area (Å²) in [6.07, 6.45) is 9.55. The van der Waals surface area contributed by atoms with Crippen LogP contribution < -0.4 is 4.74 Å². The Hall–Kier alpha value is -2.93. The van der Waals surface area contributed by atoms with Gasteiger partial charge in [0.2, 0.25) is 5.91 Å². The maximum Gasteiger partial charge on any atom is 0.233 e. The van der Waals surface area contributed by atoms with Gasteiger partial charge in [-0.2, -0.15) is 5.10 Å². The molecule has 7 nitrogen and oxygen atoms in total. The number of fused-ring (bicyclic) bond motifs is 1. The smallest absolute Gasteiger partial charge is 0.233 e. The molecule has 1 aliphatic carbocycles. The van der Waals surface area contributed by atoms with Crippen LogP contribution in [-0.2, 0) is 21.4 Å². The summed E-state index contributed by atoms with van der Waals surface area (Å²) in [6.45, 7) is 2.56. The molecule has 3 heterocycles. The molecule has 5 rings (SSSR count). The van der Waals surface area contributed by atoms with Crippen LogP contribution in [0.1, 0.15) is 43.4 Å². The summed E-state index contributed by atoms with van der Waals surface area (Å²) in [7, 11) is 1.67. The standard InChI is InChI=1S/C26H32N4O3/c1-32-23-8-5-21(6-9-23)26(11-3-2-4-12-26)25(31)29-15-16-33-19-20(18-29)17-22-7-10-24-27-13-14-30(24)28-22/h5-10,13-14,20H,2-4,11-12,15-19H2,1H3/t20-/m1/s1. The Morgan fingerprint density at radius 2 is 1.97 bits per heavy atom. The highest BCUT2D eigenvalue weighted by Crippen LogP contribution is 2.42. The summed E-state index contributed by atoms with van der Waals surface area (Å²) in [5.74, 6) is 1.28. The molecule has 1 saturated heterocycles. The number of amides is 1. The lowest BCUT2D eigenvalue weighted by atomic mass is 9.68. The summed E-state index contributed by atoms with van der Waals surface area (Å²) in [6, 6.07) is 12.1. The minimum atomic E-state index is -0.451. The summed E-state index contributed by atoms with van der Waals surface area (Å²) < 4.78 is 13.1. The molecule has 1 amide bonds. The lowest BCUT2D eigenvalue weighted by molar-refractivity contribution is -0.139. The molecule has 1 aromatic carbocycles. The van der Waals surface area contributed by atoms with Crippen molar-refractivity contribution in [1.82, 2.24) is 19.5 Å². The SMILES string of the molecule is COc1ccc(C2(C(=O)N3CCOC[C@H](Cc4ccc5nccn5n4)C3)CCCCC2)cc1. The van der Waals surface area contributed by atoms with Gasteiger partial charge in [-0.3, -0.25) is 4.79 Å². The Bertz CT molecular complexity index is 1090. The lowest BCUT2D eigenvalue weighted by Crippen LogP contribution is -2.50. The van der Waals surface area contributed by atoms with Crippen molar-refractivity contribution in [1.29, 1.82) is 0 Å². The topological polar surface area (TPSA) is 69.0 Å². The Morgan fingerprint density at radius 3 is 2.76 bits per heavy atom. The number of imidazole rings is 1. The van der Waals surface area contributed by atoms with E-state index in [2.05, 4.69) is 27.1 Å². The predicted molar refractivity (Wildman–Crippen MR) is 125 cm³/mol. The van der Waals surface area contributed by atoms with Crippen LogP contribution in [-0.4, -0.2) is 58.8 Å². The van der Waals surface area contributed by atoms with Gasteiger partial charge in [0.1, 0.15) is 5.75 Å². The molecule has 0 bridgehead atoms. The van der Waals surface area contributed by atoms with E-state index in [0.717, 1.165) is 54.8 Å². The first-order valence-corrected chi connectivity index (χ1v) is 12.0. The van der Waals surface area contributed by atoms with E-state index in [1.165, 1.54) is 6.42 Å². The molecule has 0 radical (unpaired) electrons. The molecular formula is C26H32N4O3. The van der Waals surface area contributed by atoms with Crippen LogP contribution in [0.2, 0.25) is 0 Å². The summed E-state index contributed by atoms with van der Waals surface area (Å²) >= 11 is 0. The first-order valence-electron chi connectivity index (χ1n) is 12.0. The summed E-state index contributed by atoms with van der Waals surface area (Å²) in [5.41, 5.74) is 2.49. The van der Waals surface area contributed by atoms with E-state index in [4.69, 9.17) is 9.47 Å².